The third kappa shape index (κ3) is 3.94. The molecule has 0 amide bonds. The smallest absolute Gasteiger partial charge is 0.243 e. The van der Waals surface area contributed by atoms with E-state index in [4.69, 9.17) is 4.74 Å². The van der Waals surface area contributed by atoms with Crippen LogP contribution in [-0.4, -0.2) is 75.2 Å². The van der Waals surface area contributed by atoms with Gasteiger partial charge in [0.15, 0.2) is 0 Å². The number of hydrogen-bond donors (Lipinski definition) is 0. The first-order valence-corrected chi connectivity index (χ1v) is 10.6. The fourth-order valence-electron chi connectivity index (χ4n) is 3.37. The first kappa shape index (κ1) is 19.0. The summed E-state index contributed by atoms with van der Waals surface area (Å²) in [6.07, 6.45) is 1.73. The van der Waals surface area contributed by atoms with Crippen molar-refractivity contribution in [3.05, 3.63) is 42.3 Å². The van der Waals surface area contributed by atoms with Crippen molar-refractivity contribution in [2.45, 2.75) is 4.90 Å². The van der Waals surface area contributed by atoms with Gasteiger partial charge in [-0.25, -0.2) is 17.8 Å². The zero-order valence-electron chi connectivity index (χ0n) is 15.4. The van der Waals surface area contributed by atoms with Gasteiger partial charge in [-0.15, -0.1) is 0 Å². The zero-order chi connectivity index (χ0) is 19.6. The Hall–Kier alpha value is -2.30. The number of morpholine rings is 1. The van der Waals surface area contributed by atoms with Crippen LogP contribution >= 0.6 is 0 Å². The Bertz CT molecular complexity index is 928. The highest BCUT2D eigenvalue weighted by atomic mass is 32.2. The van der Waals surface area contributed by atoms with Crippen LogP contribution in [0, 0.1) is 5.82 Å². The van der Waals surface area contributed by atoms with Crippen molar-refractivity contribution < 1.29 is 17.5 Å². The summed E-state index contributed by atoms with van der Waals surface area (Å²) in [6, 6.07) is 6.95. The third-order valence-electron chi connectivity index (χ3n) is 4.92. The van der Waals surface area contributed by atoms with E-state index in [1.807, 2.05) is 11.0 Å². The van der Waals surface area contributed by atoms with Crippen molar-refractivity contribution >= 4 is 21.8 Å². The summed E-state index contributed by atoms with van der Waals surface area (Å²) < 4.78 is 45.7. The molecule has 0 bridgehead atoms. The maximum absolute atomic E-state index is 13.4. The first-order chi connectivity index (χ1) is 13.5. The van der Waals surface area contributed by atoms with Crippen LogP contribution in [0.3, 0.4) is 0 Å². The highest BCUT2D eigenvalue weighted by Gasteiger charge is 2.29. The predicted molar refractivity (Wildman–Crippen MR) is 102 cm³/mol. The van der Waals surface area contributed by atoms with Gasteiger partial charge in [-0.3, -0.25) is 0 Å². The van der Waals surface area contributed by atoms with Gasteiger partial charge in [0.2, 0.25) is 16.0 Å². The molecule has 28 heavy (non-hydrogen) atoms. The molecular formula is C18H22FN5O3S. The summed E-state index contributed by atoms with van der Waals surface area (Å²) in [4.78, 5) is 13.1. The number of hydrogen-bond acceptors (Lipinski definition) is 7. The molecule has 150 valence electrons. The molecule has 2 fully saturated rings. The number of piperazine rings is 1. The van der Waals surface area contributed by atoms with Crippen molar-refractivity contribution in [2.75, 3.05) is 62.3 Å². The number of sulfonamides is 1. The van der Waals surface area contributed by atoms with E-state index in [9.17, 15) is 12.8 Å². The lowest BCUT2D eigenvalue weighted by Crippen LogP contribution is -2.49. The largest absolute Gasteiger partial charge is 0.378 e. The summed E-state index contributed by atoms with van der Waals surface area (Å²) in [5, 5.41) is 0. The topological polar surface area (TPSA) is 78.9 Å². The SMILES string of the molecule is O=S(=O)(c1cccc(F)c1)N1CCN(c2ccnc(N3CCOCC3)n2)CC1. The highest BCUT2D eigenvalue weighted by molar-refractivity contribution is 7.89. The van der Waals surface area contributed by atoms with E-state index in [1.54, 1.807) is 6.20 Å². The van der Waals surface area contributed by atoms with E-state index in [2.05, 4.69) is 14.9 Å². The van der Waals surface area contributed by atoms with E-state index >= 15 is 0 Å². The van der Waals surface area contributed by atoms with Crippen molar-refractivity contribution in [1.29, 1.82) is 0 Å². The van der Waals surface area contributed by atoms with Gasteiger partial charge < -0.3 is 14.5 Å². The molecule has 0 aliphatic carbocycles. The molecule has 0 atom stereocenters. The van der Waals surface area contributed by atoms with Gasteiger partial charge in [-0.05, 0) is 24.3 Å². The van der Waals surface area contributed by atoms with E-state index in [0.717, 1.165) is 25.0 Å². The van der Waals surface area contributed by atoms with Crippen LogP contribution in [0.5, 0.6) is 0 Å². The lowest BCUT2D eigenvalue weighted by molar-refractivity contribution is 0.122. The molecule has 2 saturated heterocycles. The fraction of sp³-hybridized carbons (Fsp3) is 0.444. The molecule has 2 aromatic rings. The number of anilines is 2. The lowest BCUT2D eigenvalue weighted by atomic mass is 10.3. The maximum atomic E-state index is 13.4. The molecule has 10 heteroatoms. The number of benzene rings is 1. The first-order valence-electron chi connectivity index (χ1n) is 9.20. The van der Waals surface area contributed by atoms with Crippen LogP contribution in [0.1, 0.15) is 0 Å². The second-order valence-corrected chi connectivity index (χ2v) is 8.60. The van der Waals surface area contributed by atoms with Gasteiger partial charge in [0.05, 0.1) is 18.1 Å². The second-order valence-electron chi connectivity index (χ2n) is 6.66. The average Bonchev–Trinajstić information content (AvgIpc) is 2.74. The quantitative estimate of drug-likeness (QED) is 0.747. The molecule has 0 saturated carbocycles. The van der Waals surface area contributed by atoms with Gasteiger partial charge in [0.1, 0.15) is 11.6 Å². The number of ether oxygens (including phenoxy) is 1. The van der Waals surface area contributed by atoms with Crippen LogP contribution in [0.15, 0.2) is 41.4 Å². The third-order valence-corrected chi connectivity index (χ3v) is 6.81. The Morgan fingerprint density at radius 1 is 0.964 bits per heavy atom. The average molecular weight is 407 g/mol. The summed E-state index contributed by atoms with van der Waals surface area (Å²) in [5.74, 6) is 0.881. The Morgan fingerprint density at radius 3 is 2.43 bits per heavy atom. The molecule has 1 aromatic carbocycles. The van der Waals surface area contributed by atoms with Gasteiger partial charge in [-0.1, -0.05) is 6.07 Å². The monoisotopic (exact) mass is 407 g/mol. The summed E-state index contributed by atoms with van der Waals surface area (Å²) in [5.41, 5.74) is 0. The molecule has 3 heterocycles. The molecule has 8 nitrogen and oxygen atoms in total. The van der Waals surface area contributed by atoms with Crippen LogP contribution < -0.4 is 9.80 Å². The van der Waals surface area contributed by atoms with Gasteiger partial charge >= 0.3 is 0 Å². The Kier molecular flexibility index (Phi) is 5.42. The number of aromatic nitrogens is 2. The Balaban J connectivity index is 1.44. The van der Waals surface area contributed by atoms with Crippen LogP contribution in [0.4, 0.5) is 16.2 Å². The number of rotatable bonds is 4. The molecule has 0 radical (unpaired) electrons. The highest BCUT2D eigenvalue weighted by Crippen LogP contribution is 2.22. The fourth-order valence-corrected chi connectivity index (χ4v) is 4.82. The predicted octanol–water partition coefficient (Wildman–Crippen LogP) is 0.963. The molecule has 1 aromatic heterocycles. The van der Waals surface area contributed by atoms with E-state index in [-0.39, 0.29) is 4.90 Å². The van der Waals surface area contributed by atoms with Gasteiger partial charge in [0, 0.05) is 45.5 Å². The second kappa shape index (κ2) is 7.98. The van der Waals surface area contributed by atoms with Gasteiger partial charge in [-0.2, -0.15) is 9.29 Å². The maximum Gasteiger partial charge on any atom is 0.243 e. The Morgan fingerprint density at radius 2 is 1.71 bits per heavy atom. The number of halogens is 1. The Labute approximate surface area is 163 Å². The summed E-state index contributed by atoms with van der Waals surface area (Å²) in [7, 11) is -3.70. The summed E-state index contributed by atoms with van der Waals surface area (Å²) in [6.45, 7) is 4.47. The zero-order valence-corrected chi connectivity index (χ0v) is 16.2. The normalized spacial score (nSPS) is 19.0. The summed E-state index contributed by atoms with van der Waals surface area (Å²) >= 11 is 0. The molecule has 0 spiro atoms. The molecule has 0 N–H and O–H groups in total. The van der Waals surface area contributed by atoms with Crippen molar-refractivity contribution in [2.24, 2.45) is 0 Å². The molecular weight excluding hydrogens is 385 g/mol. The molecule has 4 rings (SSSR count). The molecule has 2 aliphatic heterocycles. The van der Waals surface area contributed by atoms with Crippen molar-refractivity contribution in [3.63, 3.8) is 0 Å². The van der Waals surface area contributed by atoms with Crippen LogP contribution in [-0.2, 0) is 14.8 Å². The minimum atomic E-state index is -3.70. The number of nitrogens with zero attached hydrogens (tertiary/aromatic N) is 5. The van der Waals surface area contributed by atoms with E-state index in [0.29, 0.717) is 45.3 Å². The van der Waals surface area contributed by atoms with E-state index in [1.165, 1.54) is 22.5 Å². The van der Waals surface area contributed by atoms with Crippen molar-refractivity contribution in [1.82, 2.24) is 14.3 Å². The van der Waals surface area contributed by atoms with Gasteiger partial charge in [0.25, 0.3) is 0 Å². The molecule has 0 unspecified atom stereocenters. The van der Waals surface area contributed by atoms with Crippen molar-refractivity contribution in [3.8, 4) is 0 Å². The molecule has 2 aliphatic rings. The van der Waals surface area contributed by atoms with E-state index < -0.39 is 15.8 Å². The minimum Gasteiger partial charge on any atom is -0.378 e. The van der Waals surface area contributed by atoms with Crippen LogP contribution in [0.25, 0.3) is 0 Å². The van der Waals surface area contributed by atoms with Crippen LogP contribution in [0.2, 0.25) is 0 Å². The standard InChI is InChI=1S/C18H22FN5O3S/c19-15-2-1-3-16(14-15)28(25,26)24-8-6-22(7-9-24)17-4-5-20-18(21-17)23-10-12-27-13-11-23/h1-5,14H,6-13H2. The minimum absolute atomic E-state index is 0.0161. The lowest BCUT2D eigenvalue weighted by Gasteiger charge is -2.35.